The van der Waals surface area contributed by atoms with Gasteiger partial charge >= 0.3 is 0 Å². The maximum absolute atomic E-state index is 10.0. The maximum atomic E-state index is 10.0. The first-order valence-electron chi connectivity index (χ1n) is 1.90. The number of hydrogen-bond donors (Lipinski definition) is 0. The summed E-state index contributed by atoms with van der Waals surface area (Å²) in [6, 6.07) is 0. The van der Waals surface area contributed by atoms with E-state index < -0.39 is 0 Å². The molecule has 0 heterocycles. The average Bonchev–Trinajstić information content (AvgIpc) is 1.61. The van der Waals surface area contributed by atoms with Gasteiger partial charge in [0.25, 0.3) is 0 Å². The SMILES string of the molecule is C#C/C=C/C(C)=O. The van der Waals surface area contributed by atoms with E-state index in [2.05, 4.69) is 5.92 Å². The number of carbonyl (C=O) groups is 1. The Hall–Kier alpha value is -1.03. The molecule has 0 spiro atoms. The fourth-order valence-electron chi connectivity index (χ4n) is 0.165. The van der Waals surface area contributed by atoms with Gasteiger partial charge in [-0.3, -0.25) is 4.79 Å². The van der Waals surface area contributed by atoms with E-state index in [-0.39, 0.29) is 5.78 Å². The van der Waals surface area contributed by atoms with Gasteiger partial charge in [-0.05, 0) is 19.1 Å². The van der Waals surface area contributed by atoms with Gasteiger partial charge in [-0.2, -0.15) is 0 Å². The first kappa shape index (κ1) is 5.97. The molecule has 0 aliphatic carbocycles. The van der Waals surface area contributed by atoms with Gasteiger partial charge in [-0.1, -0.05) is 5.92 Å². The van der Waals surface area contributed by atoms with E-state index in [0.29, 0.717) is 0 Å². The van der Waals surface area contributed by atoms with Gasteiger partial charge in [-0.15, -0.1) is 6.42 Å². The van der Waals surface area contributed by atoms with Gasteiger partial charge in [0.2, 0.25) is 0 Å². The Morgan fingerprint density at radius 2 is 2.43 bits per heavy atom. The van der Waals surface area contributed by atoms with Crippen LogP contribution in [0.15, 0.2) is 12.2 Å². The second-order valence-electron chi connectivity index (χ2n) is 1.11. The lowest BCUT2D eigenvalue weighted by molar-refractivity contribution is -0.112. The van der Waals surface area contributed by atoms with Crippen LogP contribution in [-0.2, 0) is 4.79 Å². The molecule has 0 amide bonds. The van der Waals surface area contributed by atoms with Crippen molar-refractivity contribution in [3.63, 3.8) is 0 Å². The average molecular weight is 94.1 g/mol. The minimum atomic E-state index is -0.0158. The van der Waals surface area contributed by atoms with Gasteiger partial charge in [0, 0.05) is 0 Å². The molecule has 1 nitrogen and oxygen atoms in total. The third kappa shape index (κ3) is 4.97. The molecule has 7 heavy (non-hydrogen) atoms. The third-order valence-electron chi connectivity index (χ3n) is 0.414. The molecular formula is C6H6O. The summed E-state index contributed by atoms with van der Waals surface area (Å²) < 4.78 is 0. The number of ketones is 1. The Labute approximate surface area is 43.0 Å². The van der Waals surface area contributed by atoms with Crippen LogP contribution in [0, 0.1) is 12.3 Å². The Morgan fingerprint density at radius 1 is 1.86 bits per heavy atom. The van der Waals surface area contributed by atoms with Crippen molar-refractivity contribution >= 4 is 5.78 Å². The molecule has 0 aliphatic heterocycles. The zero-order valence-corrected chi connectivity index (χ0v) is 4.14. The third-order valence-corrected chi connectivity index (χ3v) is 0.414. The van der Waals surface area contributed by atoms with Crippen LogP contribution < -0.4 is 0 Å². The Morgan fingerprint density at radius 3 is 2.57 bits per heavy atom. The smallest absolute Gasteiger partial charge is 0.153 e. The number of rotatable bonds is 1. The molecule has 0 atom stereocenters. The number of allylic oxidation sites excluding steroid dienone is 2. The Kier molecular flexibility index (Phi) is 2.70. The highest BCUT2D eigenvalue weighted by molar-refractivity contribution is 5.87. The minimum Gasteiger partial charge on any atom is -0.295 e. The molecule has 0 N–H and O–H groups in total. The molecule has 0 radical (unpaired) electrons. The molecule has 0 saturated heterocycles. The summed E-state index contributed by atoms with van der Waals surface area (Å²) >= 11 is 0. The molecule has 0 bridgehead atoms. The molecule has 1 heteroatoms. The quantitative estimate of drug-likeness (QED) is 0.346. The minimum absolute atomic E-state index is 0.0158. The van der Waals surface area contributed by atoms with E-state index in [0.717, 1.165) is 0 Å². The van der Waals surface area contributed by atoms with Gasteiger partial charge in [0.1, 0.15) is 0 Å². The lowest BCUT2D eigenvalue weighted by Gasteiger charge is -1.68. The van der Waals surface area contributed by atoms with E-state index >= 15 is 0 Å². The maximum Gasteiger partial charge on any atom is 0.153 e. The summed E-state index contributed by atoms with van der Waals surface area (Å²) in [7, 11) is 0. The standard InChI is InChI=1S/C6H6O/c1-3-4-5-6(2)7/h1,4-5H,2H3/b5-4+. The molecule has 0 fully saturated rings. The van der Waals surface area contributed by atoms with Crippen molar-refractivity contribution in [3.8, 4) is 12.3 Å². The second-order valence-corrected chi connectivity index (χ2v) is 1.11. The molecular weight excluding hydrogens is 88.1 g/mol. The van der Waals surface area contributed by atoms with Crippen LogP contribution in [0.1, 0.15) is 6.92 Å². The van der Waals surface area contributed by atoms with Crippen molar-refractivity contribution in [2.75, 3.05) is 0 Å². The summed E-state index contributed by atoms with van der Waals surface area (Å²) in [5.41, 5.74) is 0. The van der Waals surface area contributed by atoms with E-state index in [4.69, 9.17) is 6.42 Å². The summed E-state index contributed by atoms with van der Waals surface area (Å²) in [4.78, 5) is 10.0. The van der Waals surface area contributed by atoms with Crippen LogP contribution in [-0.4, -0.2) is 5.78 Å². The summed E-state index contributed by atoms with van der Waals surface area (Å²) in [6.07, 6.45) is 7.51. The van der Waals surface area contributed by atoms with E-state index in [9.17, 15) is 4.79 Å². The van der Waals surface area contributed by atoms with Crippen LogP contribution in [0.5, 0.6) is 0 Å². The second kappa shape index (κ2) is 3.17. The highest BCUT2D eigenvalue weighted by atomic mass is 16.1. The van der Waals surface area contributed by atoms with Gasteiger partial charge in [0.05, 0.1) is 0 Å². The molecule has 0 aromatic rings. The zero-order valence-electron chi connectivity index (χ0n) is 4.14. The number of terminal acetylenes is 1. The van der Waals surface area contributed by atoms with E-state index in [1.54, 1.807) is 0 Å². The molecule has 0 aromatic carbocycles. The van der Waals surface area contributed by atoms with Crippen molar-refractivity contribution in [3.05, 3.63) is 12.2 Å². The van der Waals surface area contributed by atoms with Crippen LogP contribution >= 0.6 is 0 Å². The normalized spacial score (nSPS) is 8.57. The number of carbonyl (C=O) groups excluding carboxylic acids is 1. The van der Waals surface area contributed by atoms with Crippen LogP contribution in [0.3, 0.4) is 0 Å². The van der Waals surface area contributed by atoms with Gasteiger partial charge in [0.15, 0.2) is 5.78 Å². The van der Waals surface area contributed by atoms with Crippen molar-refractivity contribution in [1.29, 1.82) is 0 Å². The van der Waals surface area contributed by atoms with E-state index in [1.165, 1.54) is 19.1 Å². The molecule has 0 aliphatic rings. The Bertz CT molecular complexity index is 126. The topological polar surface area (TPSA) is 17.1 Å². The monoisotopic (exact) mass is 94.0 g/mol. The summed E-state index contributed by atoms with van der Waals surface area (Å²) in [5.74, 6) is 2.18. The largest absolute Gasteiger partial charge is 0.295 e. The lowest BCUT2D eigenvalue weighted by Crippen LogP contribution is -1.76. The van der Waals surface area contributed by atoms with Crippen LogP contribution in [0.2, 0.25) is 0 Å². The summed E-state index contributed by atoms with van der Waals surface area (Å²) in [5, 5.41) is 0. The van der Waals surface area contributed by atoms with Crippen molar-refractivity contribution in [1.82, 2.24) is 0 Å². The molecule has 0 aromatic heterocycles. The zero-order chi connectivity index (χ0) is 5.70. The molecule has 0 rings (SSSR count). The molecule has 36 valence electrons. The highest BCUT2D eigenvalue weighted by Gasteiger charge is 1.74. The highest BCUT2D eigenvalue weighted by Crippen LogP contribution is 1.69. The first-order valence-corrected chi connectivity index (χ1v) is 1.90. The summed E-state index contributed by atoms with van der Waals surface area (Å²) in [6.45, 7) is 1.45. The van der Waals surface area contributed by atoms with Crippen LogP contribution in [0.4, 0.5) is 0 Å². The van der Waals surface area contributed by atoms with Crippen molar-refractivity contribution in [2.24, 2.45) is 0 Å². The fraction of sp³-hybridized carbons (Fsp3) is 0.167. The van der Waals surface area contributed by atoms with Crippen molar-refractivity contribution < 1.29 is 4.79 Å². The predicted molar refractivity (Wildman–Crippen MR) is 28.7 cm³/mol. The van der Waals surface area contributed by atoms with Crippen LogP contribution in [0.25, 0.3) is 0 Å². The molecule has 0 saturated carbocycles. The predicted octanol–water partition coefficient (Wildman–Crippen LogP) is 0.765. The van der Waals surface area contributed by atoms with Gasteiger partial charge in [-0.25, -0.2) is 0 Å². The van der Waals surface area contributed by atoms with Crippen molar-refractivity contribution in [2.45, 2.75) is 6.92 Å². The van der Waals surface area contributed by atoms with Gasteiger partial charge < -0.3 is 0 Å². The number of hydrogen-bond acceptors (Lipinski definition) is 1. The lowest BCUT2D eigenvalue weighted by atomic mass is 10.4. The molecule has 0 unspecified atom stereocenters. The fourth-order valence-corrected chi connectivity index (χ4v) is 0.165. The Balaban J connectivity index is 3.53. The first-order chi connectivity index (χ1) is 3.27. The van der Waals surface area contributed by atoms with E-state index in [1.807, 2.05) is 0 Å².